The van der Waals surface area contributed by atoms with Gasteiger partial charge in [0, 0.05) is 0 Å². The molecule has 0 spiro atoms. The van der Waals surface area contributed by atoms with Gasteiger partial charge in [0.15, 0.2) is 5.75 Å². The molecule has 1 aromatic carbocycles. The normalized spacial score (nSPS) is 11.4. The number of benzene rings is 1. The molecule has 8 heteroatoms. The molecule has 0 aliphatic rings. The number of rotatable bonds is 2. The van der Waals surface area contributed by atoms with Crippen LogP contribution in [0.1, 0.15) is 0 Å². The lowest BCUT2D eigenvalue weighted by Gasteiger charge is -2.05. The van der Waals surface area contributed by atoms with E-state index in [2.05, 4.69) is 4.18 Å². The summed E-state index contributed by atoms with van der Waals surface area (Å²) >= 11 is 16.8. The van der Waals surface area contributed by atoms with Crippen molar-refractivity contribution in [2.75, 3.05) is 0 Å². The van der Waals surface area contributed by atoms with Gasteiger partial charge in [0.05, 0.1) is 10.0 Å². The molecule has 0 saturated heterocycles. The largest absolute Gasteiger partial charge is 0.446 e. The predicted molar refractivity (Wildman–Crippen MR) is 53.6 cm³/mol. The van der Waals surface area contributed by atoms with Crippen molar-refractivity contribution in [3.05, 3.63) is 27.2 Å². The van der Waals surface area contributed by atoms with Crippen molar-refractivity contribution >= 4 is 45.2 Å². The average molecular weight is 278 g/mol. The second kappa shape index (κ2) is 4.12. The Balaban J connectivity index is 3.19. The van der Waals surface area contributed by atoms with Gasteiger partial charge in [-0.3, -0.25) is 4.55 Å². The Kier molecular flexibility index (Phi) is 3.49. The van der Waals surface area contributed by atoms with Crippen molar-refractivity contribution in [3.8, 4) is 5.75 Å². The van der Waals surface area contributed by atoms with E-state index in [4.69, 9.17) is 39.4 Å². The van der Waals surface area contributed by atoms with Crippen LogP contribution in [-0.2, 0) is 10.4 Å². The standard InChI is InChI=1S/C6H3Cl3O4S/c7-3-1-2-4(6(9)5(3)8)13-14(10,11)12/h1-2H,(H,10,11,12). The molecule has 1 rings (SSSR count). The Morgan fingerprint density at radius 2 is 1.71 bits per heavy atom. The van der Waals surface area contributed by atoms with E-state index in [1.165, 1.54) is 12.1 Å². The van der Waals surface area contributed by atoms with E-state index < -0.39 is 10.4 Å². The summed E-state index contributed by atoms with van der Waals surface area (Å²) in [7, 11) is -4.62. The van der Waals surface area contributed by atoms with E-state index in [9.17, 15) is 8.42 Å². The molecule has 0 unspecified atom stereocenters. The molecule has 14 heavy (non-hydrogen) atoms. The lowest BCUT2D eigenvalue weighted by Crippen LogP contribution is -2.06. The number of hydrogen-bond acceptors (Lipinski definition) is 3. The van der Waals surface area contributed by atoms with Crippen LogP contribution in [0.2, 0.25) is 15.1 Å². The highest BCUT2D eigenvalue weighted by Gasteiger charge is 2.14. The second-order valence-corrected chi connectivity index (χ2v) is 4.37. The molecular weight excluding hydrogens is 274 g/mol. The van der Waals surface area contributed by atoms with Crippen LogP contribution in [0.5, 0.6) is 5.75 Å². The minimum atomic E-state index is -4.62. The Hall–Kier alpha value is -0.200. The van der Waals surface area contributed by atoms with Gasteiger partial charge in [-0.1, -0.05) is 34.8 Å². The van der Waals surface area contributed by atoms with Gasteiger partial charge in [0.25, 0.3) is 0 Å². The topological polar surface area (TPSA) is 63.6 Å². The van der Waals surface area contributed by atoms with E-state index in [1.807, 2.05) is 0 Å². The van der Waals surface area contributed by atoms with Gasteiger partial charge in [-0.05, 0) is 12.1 Å². The van der Waals surface area contributed by atoms with Crippen LogP contribution in [0.4, 0.5) is 0 Å². The molecule has 0 atom stereocenters. The monoisotopic (exact) mass is 276 g/mol. The molecule has 0 aromatic heterocycles. The third-order valence-electron chi connectivity index (χ3n) is 1.19. The van der Waals surface area contributed by atoms with Gasteiger partial charge in [0.1, 0.15) is 5.02 Å². The van der Waals surface area contributed by atoms with Crippen LogP contribution >= 0.6 is 34.8 Å². The van der Waals surface area contributed by atoms with E-state index in [0.717, 1.165) is 0 Å². The van der Waals surface area contributed by atoms with Crippen LogP contribution in [-0.4, -0.2) is 13.0 Å². The van der Waals surface area contributed by atoms with Crippen molar-refractivity contribution < 1.29 is 17.2 Å². The van der Waals surface area contributed by atoms with Crippen molar-refractivity contribution in [3.63, 3.8) is 0 Å². The summed E-state index contributed by atoms with van der Waals surface area (Å²) in [6, 6.07) is 2.46. The third-order valence-corrected chi connectivity index (χ3v) is 2.86. The van der Waals surface area contributed by atoms with Crippen molar-refractivity contribution in [2.45, 2.75) is 0 Å². The first-order chi connectivity index (χ1) is 6.31. The Morgan fingerprint density at radius 1 is 1.14 bits per heavy atom. The molecule has 4 nitrogen and oxygen atoms in total. The van der Waals surface area contributed by atoms with Crippen molar-refractivity contribution in [1.29, 1.82) is 0 Å². The van der Waals surface area contributed by atoms with Crippen molar-refractivity contribution in [2.24, 2.45) is 0 Å². The van der Waals surface area contributed by atoms with Gasteiger partial charge in [-0.15, -0.1) is 0 Å². The molecule has 0 amide bonds. The van der Waals surface area contributed by atoms with Crippen molar-refractivity contribution in [1.82, 2.24) is 0 Å². The van der Waals surface area contributed by atoms with Gasteiger partial charge >= 0.3 is 10.4 Å². The number of hydrogen-bond donors (Lipinski definition) is 1. The lowest BCUT2D eigenvalue weighted by atomic mass is 10.3. The van der Waals surface area contributed by atoms with Crippen LogP contribution < -0.4 is 4.18 Å². The minimum absolute atomic E-state index is 0.0468. The minimum Gasteiger partial charge on any atom is -0.360 e. The summed E-state index contributed by atoms with van der Waals surface area (Å²) in [5, 5.41) is -0.0781. The maximum Gasteiger partial charge on any atom is 0.446 e. The molecule has 0 bridgehead atoms. The van der Waals surface area contributed by atoms with Gasteiger partial charge in [-0.2, -0.15) is 8.42 Å². The lowest BCUT2D eigenvalue weighted by molar-refractivity contribution is 0.387. The Morgan fingerprint density at radius 3 is 2.21 bits per heavy atom. The van der Waals surface area contributed by atoms with Crippen LogP contribution in [0.3, 0.4) is 0 Å². The molecule has 78 valence electrons. The third kappa shape index (κ3) is 2.90. The SMILES string of the molecule is O=S(=O)(O)Oc1ccc(Cl)c(Cl)c1Cl. The molecule has 0 aliphatic heterocycles. The zero-order chi connectivity index (χ0) is 10.9. The molecule has 0 heterocycles. The van der Waals surface area contributed by atoms with Gasteiger partial charge in [0.2, 0.25) is 0 Å². The fraction of sp³-hybridized carbons (Fsp3) is 0. The first-order valence-corrected chi connectivity index (χ1v) is 5.61. The van der Waals surface area contributed by atoms with Gasteiger partial charge in [-0.25, -0.2) is 0 Å². The first kappa shape index (κ1) is 11.9. The molecule has 0 aliphatic carbocycles. The summed E-state index contributed by atoms with van der Waals surface area (Å²) in [6.07, 6.45) is 0. The average Bonchev–Trinajstić information content (AvgIpc) is 2.04. The summed E-state index contributed by atoms with van der Waals surface area (Å²) in [4.78, 5) is 0. The molecule has 0 fully saturated rings. The first-order valence-electron chi connectivity index (χ1n) is 3.11. The Bertz CT molecular complexity index is 456. The fourth-order valence-electron chi connectivity index (χ4n) is 0.686. The molecule has 1 aromatic rings. The van der Waals surface area contributed by atoms with E-state index in [-0.39, 0.29) is 20.8 Å². The van der Waals surface area contributed by atoms with E-state index >= 15 is 0 Å². The zero-order valence-corrected chi connectivity index (χ0v) is 9.45. The summed E-state index contributed by atoms with van der Waals surface area (Å²) in [5.41, 5.74) is 0. The molecule has 1 N–H and O–H groups in total. The summed E-state index contributed by atoms with van der Waals surface area (Å²) in [6.45, 7) is 0. The highest BCUT2D eigenvalue weighted by atomic mass is 35.5. The quantitative estimate of drug-likeness (QED) is 0.667. The van der Waals surface area contributed by atoms with Crippen LogP contribution in [0.15, 0.2) is 12.1 Å². The highest BCUT2D eigenvalue weighted by molar-refractivity contribution is 7.81. The number of halogens is 3. The zero-order valence-electron chi connectivity index (χ0n) is 6.37. The molecule has 0 radical (unpaired) electrons. The smallest absolute Gasteiger partial charge is 0.360 e. The second-order valence-electron chi connectivity index (χ2n) is 2.18. The maximum atomic E-state index is 10.3. The Labute approximate surface area is 95.3 Å². The maximum absolute atomic E-state index is 10.3. The predicted octanol–water partition coefficient (Wildman–Crippen LogP) is 2.83. The van der Waals surface area contributed by atoms with Gasteiger partial charge < -0.3 is 4.18 Å². The fourth-order valence-corrected chi connectivity index (χ4v) is 1.66. The summed E-state index contributed by atoms with van der Waals surface area (Å²) < 4.78 is 33.2. The highest BCUT2D eigenvalue weighted by Crippen LogP contribution is 2.37. The van der Waals surface area contributed by atoms with Crippen LogP contribution in [0, 0.1) is 0 Å². The van der Waals surface area contributed by atoms with E-state index in [0.29, 0.717) is 0 Å². The van der Waals surface area contributed by atoms with Crippen LogP contribution in [0.25, 0.3) is 0 Å². The van der Waals surface area contributed by atoms with E-state index in [1.54, 1.807) is 0 Å². The molecular formula is C6H3Cl3O4S. The summed E-state index contributed by atoms with van der Waals surface area (Å²) in [5.74, 6) is -0.288. The molecule has 0 saturated carbocycles.